The first kappa shape index (κ1) is 13.6. The Kier molecular flexibility index (Phi) is 6.23. The first-order valence-corrected chi connectivity index (χ1v) is 6.43. The van der Waals surface area contributed by atoms with Crippen molar-refractivity contribution in [2.45, 2.75) is 6.54 Å². The summed E-state index contributed by atoms with van der Waals surface area (Å²) in [4.78, 5) is 10.8. The summed E-state index contributed by atoms with van der Waals surface area (Å²) in [7, 11) is 0. The molecule has 0 bridgehead atoms. The van der Waals surface area contributed by atoms with Crippen molar-refractivity contribution >= 4 is 17.7 Å². The number of terminal acetylenes is 1. The lowest BCUT2D eigenvalue weighted by Crippen LogP contribution is -2.16. The van der Waals surface area contributed by atoms with Crippen LogP contribution in [-0.4, -0.2) is 29.1 Å². The minimum atomic E-state index is -0.892. The molecule has 0 saturated heterocycles. The highest BCUT2D eigenvalue weighted by atomic mass is 32.2. The van der Waals surface area contributed by atoms with Gasteiger partial charge in [-0.1, -0.05) is 18.1 Å². The van der Waals surface area contributed by atoms with Crippen LogP contribution in [0.2, 0.25) is 0 Å². The van der Waals surface area contributed by atoms with Crippen LogP contribution in [0.25, 0.3) is 0 Å². The average Bonchev–Trinajstić information content (AvgIpc) is 2.34. The highest BCUT2D eigenvalue weighted by molar-refractivity contribution is 7.99. The molecule has 4 heteroatoms. The molecule has 1 aromatic carbocycles. The van der Waals surface area contributed by atoms with Crippen molar-refractivity contribution in [2.24, 2.45) is 0 Å². The van der Waals surface area contributed by atoms with Crippen LogP contribution in [-0.2, 0) is 6.54 Å². The number of thioether (sulfide) groups is 1. The van der Waals surface area contributed by atoms with E-state index in [1.165, 1.54) is 0 Å². The molecule has 2 N–H and O–H groups in total. The summed E-state index contributed by atoms with van der Waals surface area (Å²) in [5.41, 5.74) is 1.30. The number of aromatic carboxylic acids is 1. The van der Waals surface area contributed by atoms with E-state index in [1.54, 1.807) is 30.0 Å². The molecule has 0 amide bonds. The summed E-state index contributed by atoms with van der Waals surface area (Å²) in [5.74, 6) is 3.37. The van der Waals surface area contributed by atoms with E-state index in [0.717, 1.165) is 23.6 Å². The predicted molar refractivity (Wildman–Crippen MR) is 71.3 cm³/mol. The van der Waals surface area contributed by atoms with E-state index >= 15 is 0 Å². The Bertz CT molecular complexity index is 412. The Hall–Kier alpha value is -1.44. The summed E-state index contributed by atoms with van der Waals surface area (Å²) in [6.45, 7) is 1.54. The molecule has 0 unspecified atom stereocenters. The molecule has 0 spiro atoms. The van der Waals surface area contributed by atoms with Gasteiger partial charge in [-0.05, 0) is 17.7 Å². The van der Waals surface area contributed by atoms with Gasteiger partial charge in [0.05, 0.1) is 11.3 Å². The summed E-state index contributed by atoms with van der Waals surface area (Å²) >= 11 is 1.70. The molecular formula is C13H15NO2S. The van der Waals surface area contributed by atoms with Crippen LogP contribution in [0, 0.1) is 12.3 Å². The van der Waals surface area contributed by atoms with Gasteiger partial charge in [0, 0.05) is 18.8 Å². The minimum absolute atomic E-state index is 0.325. The largest absolute Gasteiger partial charge is 0.478 e. The van der Waals surface area contributed by atoms with Gasteiger partial charge in [-0.2, -0.15) is 0 Å². The number of nitrogens with one attached hydrogen (secondary N) is 1. The smallest absolute Gasteiger partial charge is 0.335 e. The molecule has 1 aromatic rings. The second-order valence-corrected chi connectivity index (χ2v) is 4.54. The lowest BCUT2D eigenvalue weighted by atomic mass is 10.1. The van der Waals surface area contributed by atoms with Gasteiger partial charge in [0.25, 0.3) is 0 Å². The zero-order valence-corrected chi connectivity index (χ0v) is 10.3. The zero-order valence-electron chi connectivity index (χ0n) is 9.48. The maximum Gasteiger partial charge on any atom is 0.335 e. The quantitative estimate of drug-likeness (QED) is 0.572. The number of benzene rings is 1. The predicted octanol–water partition coefficient (Wildman–Crippen LogP) is 1.84. The van der Waals surface area contributed by atoms with Gasteiger partial charge in [0.15, 0.2) is 0 Å². The summed E-state index contributed by atoms with van der Waals surface area (Å²) in [6, 6.07) is 6.94. The fraction of sp³-hybridized carbons (Fsp3) is 0.308. The van der Waals surface area contributed by atoms with Crippen LogP contribution < -0.4 is 5.32 Å². The van der Waals surface area contributed by atoms with Crippen molar-refractivity contribution in [3.63, 3.8) is 0 Å². The maximum absolute atomic E-state index is 10.8. The fourth-order valence-electron chi connectivity index (χ4n) is 1.32. The number of hydrogen-bond acceptors (Lipinski definition) is 3. The molecule has 0 aliphatic heterocycles. The fourth-order valence-corrected chi connectivity index (χ4v) is 1.87. The summed E-state index contributed by atoms with van der Waals surface area (Å²) < 4.78 is 0. The van der Waals surface area contributed by atoms with Gasteiger partial charge in [-0.3, -0.25) is 0 Å². The van der Waals surface area contributed by atoms with Crippen molar-refractivity contribution in [3.8, 4) is 12.3 Å². The van der Waals surface area contributed by atoms with Gasteiger partial charge in [-0.25, -0.2) is 4.79 Å². The van der Waals surface area contributed by atoms with E-state index in [-0.39, 0.29) is 0 Å². The number of rotatable bonds is 7. The SMILES string of the molecule is C#CCSCCNCc1cccc(C(=O)O)c1. The van der Waals surface area contributed by atoms with E-state index < -0.39 is 5.97 Å². The normalized spacial score (nSPS) is 9.82. The van der Waals surface area contributed by atoms with E-state index in [4.69, 9.17) is 11.5 Å². The second kappa shape index (κ2) is 7.77. The van der Waals surface area contributed by atoms with Crippen molar-refractivity contribution in [1.82, 2.24) is 5.32 Å². The highest BCUT2D eigenvalue weighted by Gasteiger charge is 2.02. The molecule has 0 atom stereocenters. The highest BCUT2D eigenvalue weighted by Crippen LogP contribution is 2.05. The van der Waals surface area contributed by atoms with E-state index in [2.05, 4.69) is 11.2 Å². The van der Waals surface area contributed by atoms with Crippen molar-refractivity contribution in [3.05, 3.63) is 35.4 Å². The van der Waals surface area contributed by atoms with Gasteiger partial charge in [0.2, 0.25) is 0 Å². The molecule has 90 valence electrons. The van der Waals surface area contributed by atoms with Gasteiger partial charge >= 0.3 is 5.97 Å². The minimum Gasteiger partial charge on any atom is -0.478 e. The van der Waals surface area contributed by atoms with E-state index in [9.17, 15) is 4.79 Å². The monoisotopic (exact) mass is 249 g/mol. The molecule has 0 aliphatic carbocycles. The lowest BCUT2D eigenvalue weighted by Gasteiger charge is -2.05. The standard InChI is InChI=1S/C13H15NO2S/c1-2-7-17-8-6-14-10-11-4-3-5-12(9-11)13(15)16/h1,3-5,9,14H,6-8,10H2,(H,15,16). The van der Waals surface area contributed by atoms with Crippen LogP contribution in [0.4, 0.5) is 0 Å². The van der Waals surface area contributed by atoms with Gasteiger partial charge < -0.3 is 10.4 Å². The number of carbonyl (C=O) groups is 1. The van der Waals surface area contributed by atoms with Gasteiger partial charge in [-0.15, -0.1) is 18.2 Å². The molecule has 0 heterocycles. The molecule has 0 aliphatic rings. The van der Waals surface area contributed by atoms with E-state index in [0.29, 0.717) is 12.1 Å². The molecule has 17 heavy (non-hydrogen) atoms. The third-order valence-electron chi connectivity index (χ3n) is 2.11. The Morgan fingerprint density at radius 2 is 2.35 bits per heavy atom. The number of carboxylic acid groups (broad SMARTS) is 1. The Morgan fingerprint density at radius 1 is 1.53 bits per heavy atom. The Morgan fingerprint density at radius 3 is 3.06 bits per heavy atom. The maximum atomic E-state index is 10.8. The second-order valence-electron chi connectivity index (χ2n) is 3.44. The number of hydrogen-bond donors (Lipinski definition) is 2. The average molecular weight is 249 g/mol. The van der Waals surface area contributed by atoms with Crippen LogP contribution in [0.3, 0.4) is 0 Å². The summed E-state index contributed by atoms with van der Waals surface area (Å²) in [6.07, 6.45) is 5.13. The van der Waals surface area contributed by atoms with Crippen LogP contribution in [0.15, 0.2) is 24.3 Å². The Labute approximate surface area is 106 Å². The molecular weight excluding hydrogens is 234 g/mol. The molecule has 0 aromatic heterocycles. The van der Waals surface area contributed by atoms with Crippen molar-refractivity contribution in [2.75, 3.05) is 18.1 Å². The third-order valence-corrected chi connectivity index (χ3v) is 2.98. The zero-order chi connectivity index (χ0) is 12.5. The van der Waals surface area contributed by atoms with Crippen LogP contribution >= 0.6 is 11.8 Å². The van der Waals surface area contributed by atoms with Crippen molar-refractivity contribution < 1.29 is 9.90 Å². The molecule has 0 radical (unpaired) electrons. The molecule has 1 rings (SSSR count). The van der Waals surface area contributed by atoms with Crippen LogP contribution in [0.5, 0.6) is 0 Å². The molecule has 3 nitrogen and oxygen atoms in total. The lowest BCUT2D eigenvalue weighted by molar-refractivity contribution is 0.0697. The van der Waals surface area contributed by atoms with Gasteiger partial charge in [0.1, 0.15) is 0 Å². The first-order valence-electron chi connectivity index (χ1n) is 5.28. The van der Waals surface area contributed by atoms with Crippen molar-refractivity contribution in [1.29, 1.82) is 0 Å². The van der Waals surface area contributed by atoms with Crippen LogP contribution in [0.1, 0.15) is 15.9 Å². The third kappa shape index (κ3) is 5.43. The molecule has 0 saturated carbocycles. The topological polar surface area (TPSA) is 49.3 Å². The first-order chi connectivity index (χ1) is 8.24. The summed E-state index contributed by atoms with van der Waals surface area (Å²) in [5, 5.41) is 12.1. The molecule has 0 fully saturated rings. The van der Waals surface area contributed by atoms with E-state index in [1.807, 2.05) is 6.07 Å². The number of carboxylic acids is 1. The Balaban J connectivity index is 2.30.